The fourth-order valence-electron chi connectivity index (χ4n) is 1.39. The zero-order valence-corrected chi connectivity index (χ0v) is 10.0. The van der Waals surface area contributed by atoms with Crippen molar-refractivity contribution in [2.45, 2.75) is 0 Å². The van der Waals surface area contributed by atoms with Crippen LogP contribution in [-0.4, -0.2) is 35.0 Å². The number of halogens is 1. The van der Waals surface area contributed by atoms with E-state index in [1.807, 2.05) is 6.07 Å². The number of hydrogen-bond donors (Lipinski definition) is 1. The zero-order chi connectivity index (χ0) is 11.0. The van der Waals surface area contributed by atoms with E-state index in [0.29, 0.717) is 18.0 Å². The maximum Gasteiger partial charge on any atom is 0.310 e. The third-order valence-corrected chi connectivity index (χ3v) is 3.91. The molecule has 0 bridgehead atoms. The van der Waals surface area contributed by atoms with Crippen molar-refractivity contribution < 1.29 is 14.7 Å². The minimum Gasteiger partial charge on any atom is -0.481 e. The summed E-state index contributed by atoms with van der Waals surface area (Å²) in [5.74, 6) is -1.30. The molecule has 1 saturated heterocycles. The second kappa shape index (κ2) is 3.94. The summed E-state index contributed by atoms with van der Waals surface area (Å²) in [5.41, 5.74) is 0. The molecule has 2 heterocycles. The number of thiophene rings is 1. The van der Waals surface area contributed by atoms with Crippen LogP contribution in [0.3, 0.4) is 0 Å². The van der Waals surface area contributed by atoms with Crippen LogP contribution in [-0.2, 0) is 4.79 Å². The van der Waals surface area contributed by atoms with Crippen LogP contribution < -0.4 is 0 Å². The predicted octanol–water partition coefficient (Wildman–Crippen LogP) is 1.67. The fraction of sp³-hybridized carbons (Fsp3) is 0.333. The van der Waals surface area contributed by atoms with Gasteiger partial charge < -0.3 is 10.0 Å². The second-order valence-electron chi connectivity index (χ2n) is 3.35. The number of likely N-dealkylation sites (tertiary alicyclic amines) is 1. The summed E-state index contributed by atoms with van der Waals surface area (Å²) in [6.07, 6.45) is 0. The molecule has 0 aliphatic carbocycles. The average Bonchev–Trinajstić information content (AvgIpc) is 2.48. The molecular weight excluding hydrogens is 282 g/mol. The van der Waals surface area contributed by atoms with E-state index in [2.05, 4.69) is 15.9 Å². The van der Waals surface area contributed by atoms with E-state index < -0.39 is 11.9 Å². The van der Waals surface area contributed by atoms with Gasteiger partial charge in [-0.05, 0) is 28.1 Å². The van der Waals surface area contributed by atoms with Crippen molar-refractivity contribution in [1.29, 1.82) is 0 Å². The number of rotatable bonds is 2. The monoisotopic (exact) mass is 289 g/mol. The highest BCUT2D eigenvalue weighted by Crippen LogP contribution is 2.26. The number of hydrogen-bond acceptors (Lipinski definition) is 3. The first kappa shape index (κ1) is 10.6. The van der Waals surface area contributed by atoms with Crippen molar-refractivity contribution in [2.24, 2.45) is 5.92 Å². The Labute approximate surface area is 98.6 Å². The lowest BCUT2D eigenvalue weighted by molar-refractivity contribution is -0.146. The molecule has 80 valence electrons. The van der Waals surface area contributed by atoms with Gasteiger partial charge >= 0.3 is 5.97 Å². The van der Waals surface area contributed by atoms with Crippen molar-refractivity contribution in [2.75, 3.05) is 13.1 Å². The molecule has 2 rings (SSSR count). The highest BCUT2D eigenvalue weighted by molar-refractivity contribution is 9.11. The summed E-state index contributed by atoms with van der Waals surface area (Å²) < 4.78 is 0.904. The Kier molecular flexibility index (Phi) is 2.79. The summed E-state index contributed by atoms with van der Waals surface area (Å²) in [6.45, 7) is 0.646. The molecule has 0 unspecified atom stereocenters. The number of nitrogens with zero attached hydrogens (tertiary/aromatic N) is 1. The van der Waals surface area contributed by atoms with Gasteiger partial charge in [0.1, 0.15) is 0 Å². The Morgan fingerprint density at radius 2 is 2.13 bits per heavy atom. The molecule has 1 fully saturated rings. The minimum atomic E-state index is -0.827. The van der Waals surface area contributed by atoms with Gasteiger partial charge in [0, 0.05) is 13.1 Å². The molecular formula is C9H8BrNO3S. The summed E-state index contributed by atoms with van der Waals surface area (Å²) in [7, 11) is 0. The standard InChI is InChI=1S/C9H8BrNO3S/c10-7-2-1-6(15-7)8(12)11-3-5(4-11)9(13)14/h1-2,5H,3-4H2,(H,13,14). The van der Waals surface area contributed by atoms with Crippen molar-refractivity contribution in [1.82, 2.24) is 4.90 Å². The number of carbonyl (C=O) groups excluding carboxylic acids is 1. The maximum atomic E-state index is 11.7. The summed E-state index contributed by atoms with van der Waals surface area (Å²) in [6, 6.07) is 3.55. The lowest BCUT2D eigenvalue weighted by Gasteiger charge is -2.36. The highest BCUT2D eigenvalue weighted by Gasteiger charge is 2.36. The first-order chi connectivity index (χ1) is 7.08. The average molecular weight is 290 g/mol. The second-order valence-corrected chi connectivity index (χ2v) is 5.81. The van der Waals surface area contributed by atoms with Gasteiger partial charge in [0.25, 0.3) is 5.91 Å². The van der Waals surface area contributed by atoms with E-state index in [0.717, 1.165) is 3.79 Å². The summed E-state index contributed by atoms with van der Waals surface area (Å²) >= 11 is 4.64. The Hall–Kier alpha value is -0.880. The molecule has 0 radical (unpaired) electrons. The van der Waals surface area contributed by atoms with E-state index in [1.54, 1.807) is 11.0 Å². The molecule has 0 spiro atoms. The highest BCUT2D eigenvalue weighted by atomic mass is 79.9. The molecule has 1 aliphatic heterocycles. The Bertz CT molecular complexity index is 411. The van der Waals surface area contributed by atoms with Crippen molar-refractivity contribution in [3.8, 4) is 0 Å². The molecule has 0 atom stereocenters. The van der Waals surface area contributed by atoms with Gasteiger partial charge in [-0.1, -0.05) is 0 Å². The number of amides is 1. The number of carboxylic acids is 1. The van der Waals surface area contributed by atoms with E-state index in [-0.39, 0.29) is 5.91 Å². The van der Waals surface area contributed by atoms with E-state index in [9.17, 15) is 9.59 Å². The first-order valence-electron chi connectivity index (χ1n) is 4.35. The molecule has 1 N–H and O–H groups in total. The lowest BCUT2D eigenvalue weighted by atomic mass is 10.0. The quantitative estimate of drug-likeness (QED) is 0.901. The van der Waals surface area contributed by atoms with Crippen LogP contribution in [0.5, 0.6) is 0 Å². The minimum absolute atomic E-state index is 0.0804. The lowest BCUT2D eigenvalue weighted by Crippen LogP contribution is -2.52. The van der Waals surface area contributed by atoms with Gasteiger partial charge in [-0.2, -0.15) is 0 Å². The van der Waals surface area contributed by atoms with Crippen molar-refractivity contribution in [3.63, 3.8) is 0 Å². The van der Waals surface area contributed by atoms with Gasteiger partial charge in [0.2, 0.25) is 0 Å². The van der Waals surface area contributed by atoms with E-state index >= 15 is 0 Å². The van der Waals surface area contributed by atoms with Crippen LogP contribution in [0.1, 0.15) is 9.67 Å². The van der Waals surface area contributed by atoms with Crippen LogP contribution >= 0.6 is 27.3 Å². The molecule has 1 aromatic rings. The molecule has 0 saturated carbocycles. The first-order valence-corrected chi connectivity index (χ1v) is 5.96. The topological polar surface area (TPSA) is 57.6 Å². The smallest absolute Gasteiger partial charge is 0.310 e. The molecule has 1 aliphatic rings. The zero-order valence-electron chi connectivity index (χ0n) is 7.64. The molecule has 1 amide bonds. The van der Waals surface area contributed by atoms with Crippen LogP contribution in [0.25, 0.3) is 0 Å². The maximum absolute atomic E-state index is 11.7. The molecule has 4 nitrogen and oxygen atoms in total. The third kappa shape index (κ3) is 2.05. The number of carboxylic acid groups (broad SMARTS) is 1. The van der Waals surface area contributed by atoms with Crippen LogP contribution in [0.15, 0.2) is 15.9 Å². The Morgan fingerprint density at radius 3 is 2.60 bits per heavy atom. The van der Waals surface area contributed by atoms with Crippen LogP contribution in [0.4, 0.5) is 0 Å². The number of carbonyl (C=O) groups is 2. The van der Waals surface area contributed by atoms with Crippen molar-refractivity contribution in [3.05, 3.63) is 20.8 Å². The molecule has 6 heteroatoms. The largest absolute Gasteiger partial charge is 0.481 e. The van der Waals surface area contributed by atoms with Crippen LogP contribution in [0, 0.1) is 5.92 Å². The van der Waals surface area contributed by atoms with Gasteiger partial charge in [-0.25, -0.2) is 0 Å². The van der Waals surface area contributed by atoms with Gasteiger partial charge in [0.15, 0.2) is 0 Å². The summed E-state index contributed by atoms with van der Waals surface area (Å²) in [4.78, 5) is 24.5. The normalized spacial score (nSPS) is 16.2. The van der Waals surface area contributed by atoms with E-state index in [4.69, 9.17) is 5.11 Å². The fourth-order valence-corrected chi connectivity index (χ4v) is 2.74. The van der Waals surface area contributed by atoms with Gasteiger partial charge in [-0.3, -0.25) is 9.59 Å². The molecule has 15 heavy (non-hydrogen) atoms. The molecule has 0 aromatic carbocycles. The van der Waals surface area contributed by atoms with Crippen LogP contribution in [0.2, 0.25) is 0 Å². The van der Waals surface area contributed by atoms with E-state index in [1.165, 1.54) is 11.3 Å². The molecule has 1 aromatic heterocycles. The van der Waals surface area contributed by atoms with Crippen molar-refractivity contribution >= 4 is 39.1 Å². The third-order valence-electron chi connectivity index (χ3n) is 2.30. The SMILES string of the molecule is O=C(O)C1CN(C(=O)c2ccc(Br)s2)C1. The predicted molar refractivity (Wildman–Crippen MR) is 59.0 cm³/mol. The van der Waals surface area contributed by atoms with Gasteiger partial charge in [-0.15, -0.1) is 11.3 Å². The Balaban J connectivity index is 1.97. The van der Waals surface area contributed by atoms with Gasteiger partial charge in [0.05, 0.1) is 14.6 Å². The number of aliphatic carboxylic acids is 1. The Morgan fingerprint density at radius 1 is 1.47 bits per heavy atom. The summed E-state index contributed by atoms with van der Waals surface area (Å²) in [5, 5.41) is 8.66.